The van der Waals surface area contributed by atoms with Gasteiger partial charge >= 0.3 is 0 Å². The van der Waals surface area contributed by atoms with Crippen molar-refractivity contribution in [1.82, 2.24) is 0 Å². The van der Waals surface area contributed by atoms with Crippen molar-refractivity contribution in [3.8, 4) is 33.4 Å². The van der Waals surface area contributed by atoms with Gasteiger partial charge in [-0.25, -0.2) is 0 Å². The van der Waals surface area contributed by atoms with E-state index in [-0.39, 0.29) is 10.8 Å². The van der Waals surface area contributed by atoms with Gasteiger partial charge in [0.15, 0.2) is 0 Å². The molecule has 0 aromatic heterocycles. The largest absolute Gasteiger partial charge is 0.310 e. The molecule has 0 aliphatic heterocycles. The molecule has 0 radical (unpaired) electrons. The molecule has 0 saturated heterocycles. The molecule has 2 heteroatoms. The van der Waals surface area contributed by atoms with Crippen LogP contribution in [0.3, 0.4) is 0 Å². The summed E-state index contributed by atoms with van der Waals surface area (Å²) in [5, 5.41) is 5.52. The van der Waals surface area contributed by atoms with E-state index < -0.39 is 0 Å². The molecule has 4 aliphatic carbocycles. The summed E-state index contributed by atoms with van der Waals surface area (Å²) in [6.45, 7) is 0. The van der Waals surface area contributed by atoms with E-state index in [4.69, 9.17) is 0 Å². The molecule has 0 heterocycles. The van der Waals surface area contributed by atoms with Crippen LogP contribution < -0.4 is 9.80 Å². The van der Waals surface area contributed by atoms with Gasteiger partial charge in [0.1, 0.15) is 0 Å². The smallest absolute Gasteiger partial charge is 0.0465 e. The number of fused-ring (bicyclic) bond motifs is 14. The van der Waals surface area contributed by atoms with Crippen molar-refractivity contribution in [3.05, 3.63) is 241 Å². The van der Waals surface area contributed by atoms with Crippen LogP contribution in [0.5, 0.6) is 0 Å². The second kappa shape index (κ2) is 15.4. The van der Waals surface area contributed by atoms with Gasteiger partial charge in [0.05, 0.1) is 0 Å². The Morgan fingerprint density at radius 1 is 0.279 bits per heavy atom. The van der Waals surface area contributed by atoms with Crippen molar-refractivity contribution in [3.63, 3.8) is 0 Å². The summed E-state index contributed by atoms with van der Waals surface area (Å²) in [7, 11) is 0. The molecule has 10 aromatic rings. The van der Waals surface area contributed by atoms with Crippen LogP contribution in [-0.4, -0.2) is 0 Å². The number of nitrogens with zero attached hydrogens (tertiary/aromatic N) is 2. The highest BCUT2D eigenvalue weighted by Gasteiger charge is 2.47. The molecule has 0 amide bonds. The molecular formula is C66H52N2. The van der Waals surface area contributed by atoms with Gasteiger partial charge in [-0.05, 0) is 176 Å². The standard InChI is InChI=1S/C66H52N2/c1-3-17-49(18-4-1)67(53-33-37-57-59-35-27-47-15-7-9-21-55(47)63(59)65(61(57)43-53)39-11-12-40-65)51-29-23-45(24-30-51)46-25-31-52(32-26-46)68(50-19-5-2-6-20-50)54-34-38-58-60-36-28-48-16-8-10-22-56(48)64(60)66(62(58)44-54)41-13-14-42-66/h1-10,15-38,43-44H,11-14,39-42H2. The first-order valence-electron chi connectivity index (χ1n) is 24.9. The third-order valence-corrected chi connectivity index (χ3v) is 16.5. The Bertz CT molecular complexity index is 3320. The third-order valence-electron chi connectivity index (χ3n) is 16.5. The lowest BCUT2D eigenvalue weighted by Gasteiger charge is -2.30. The maximum absolute atomic E-state index is 2.53. The van der Waals surface area contributed by atoms with Gasteiger partial charge in [0.2, 0.25) is 0 Å². The quantitative estimate of drug-likeness (QED) is 0.157. The van der Waals surface area contributed by atoms with Gasteiger partial charge in [0, 0.05) is 45.0 Å². The van der Waals surface area contributed by atoms with Crippen molar-refractivity contribution in [1.29, 1.82) is 0 Å². The van der Waals surface area contributed by atoms with E-state index in [9.17, 15) is 0 Å². The van der Waals surface area contributed by atoms with Gasteiger partial charge in [-0.15, -0.1) is 0 Å². The summed E-state index contributed by atoms with van der Waals surface area (Å²) in [6.07, 6.45) is 9.87. The molecule has 4 aliphatic rings. The Hall–Kier alpha value is -7.68. The first kappa shape index (κ1) is 39.5. The van der Waals surface area contributed by atoms with Crippen LogP contribution in [0.25, 0.3) is 54.9 Å². The van der Waals surface area contributed by atoms with E-state index >= 15 is 0 Å². The van der Waals surface area contributed by atoms with Crippen LogP contribution in [0.1, 0.15) is 73.6 Å². The minimum Gasteiger partial charge on any atom is -0.310 e. The fourth-order valence-electron chi connectivity index (χ4n) is 13.5. The van der Waals surface area contributed by atoms with Crippen LogP contribution in [-0.2, 0) is 10.8 Å². The monoisotopic (exact) mass is 872 g/mol. The fraction of sp³-hybridized carbons (Fsp3) is 0.152. The maximum atomic E-state index is 2.53. The molecule has 2 spiro atoms. The van der Waals surface area contributed by atoms with E-state index in [2.05, 4.69) is 228 Å². The van der Waals surface area contributed by atoms with Crippen molar-refractivity contribution in [2.45, 2.75) is 62.2 Å². The average molecular weight is 873 g/mol. The first-order valence-corrected chi connectivity index (χ1v) is 24.9. The van der Waals surface area contributed by atoms with Gasteiger partial charge < -0.3 is 9.80 Å². The molecule has 0 N–H and O–H groups in total. The van der Waals surface area contributed by atoms with Gasteiger partial charge in [-0.2, -0.15) is 0 Å². The molecule has 68 heavy (non-hydrogen) atoms. The molecule has 0 bridgehead atoms. The van der Waals surface area contributed by atoms with Crippen molar-refractivity contribution in [2.75, 3.05) is 9.80 Å². The van der Waals surface area contributed by atoms with Crippen molar-refractivity contribution >= 4 is 55.7 Å². The second-order valence-electron chi connectivity index (χ2n) is 19.9. The SMILES string of the molecule is c1ccc(N(c2ccc(-c3ccc(N(c4ccccc4)c4ccc5c(c4)C4(CCCC4)c4c-5ccc5ccccc45)cc3)cc2)c2ccc3c(c2)C2(CCCC2)c2c-3ccc3ccccc23)cc1. The van der Waals surface area contributed by atoms with Gasteiger partial charge in [-0.3, -0.25) is 0 Å². The summed E-state index contributed by atoms with van der Waals surface area (Å²) in [5.41, 5.74) is 21.3. The highest BCUT2D eigenvalue weighted by Crippen LogP contribution is 2.61. The van der Waals surface area contributed by atoms with E-state index in [1.54, 1.807) is 11.1 Å². The number of hydrogen-bond donors (Lipinski definition) is 0. The Balaban J connectivity index is 0.811. The molecule has 2 fully saturated rings. The molecular weight excluding hydrogens is 821 g/mol. The summed E-state index contributed by atoms with van der Waals surface area (Å²) in [4.78, 5) is 4.89. The van der Waals surface area contributed by atoms with E-state index in [0.29, 0.717) is 0 Å². The highest BCUT2D eigenvalue weighted by atomic mass is 15.1. The summed E-state index contributed by atoms with van der Waals surface area (Å²) >= 11 is 0. The minimum atomic E-state index is 0.0515. The zero-order chi connectivity index (χ0) is 44.8. The van der Waals surface area contributed by atoms with Crippen LogP contribution in [0.15, 0.2) is 218 Å². The predicted octanol–water partition coefficient (Wildman–Crippen LogP) is 18.3. The Morgan fingerprint density at radius 3 is 1.03 bits per heavy atom. The number of benzene rings is 10. The Morgan fingerprint density at radius 2 is 0.618 bits per heavy atom. The molecule has 0 unspecified atom stereocenters. The lowest BCUT2D eigenvalue weighted by molar-refractivity contribution is 0.554. The first-order chi connectivity index (χ1) is 33.7. The number of hydrogen-bond acceptors (Lipinski definition) is 2. The van der Waals surface area contributed by atoms with Crippen LogP contribution in [0.2, 0.25) is 0 Å². The lowest BCUT2D eigenvalue weighted by Crippen LogP contribution is -2.21. The van der Waals surface area contributed by atoms with Gasteiger partial charge in [-0.1, -0.05) is 171 Å². The lowest BCUT2D eigenvalue weighted by atomic mass is 9.75. The van der Waals surface area contributed by atoms with Crippen LogP contribution >= 0.6 is 0 Å². The van der Waals surface area contributed by atoms with E-state index in [1.165, 1.54) is 129 Å². The zero-order valence-electron chi connectivity index (χ0n) is 38.3. The van der Waals surface area contributed by atoms with Crippen LogP contribution in [0, 0.1) is 0 Å². The fourth-order valence-corrected chi connectivity index (χ4v) is 13.5. The zero-order valence-corrected chi connectivity index (χ0v) is 38.3. The third kappa shape index (κ3) is 5.89. The maximum Gasteiger partial charge on any atom is 0.0465 e. The average Bonchev–Trinajstić information content (AvgIpc) is 4.21. The molecule has 14 rings (SSSR count). The Labute approximate surface area is 399 Å². The summed E-state index contributed by atoms with van der Waals surface area (Å²) < 4.78 is 0. The number of para-hydroxylation sites is 2. The normalized spacial score (nSPS) is 15.7. The highest BCUT2D eigenvalue weighted by molar-refractivity contribution is 6.00. The molecule has 10 aromatic carbocycles. The number of anilines is 6. The molecule has 326 valence electrons. The Kier molecular flexibility index (Phi) is 8.96. The van der Waals surface area contributed by atoms with Gasteiger partial charge in [0.25, 0.3) is 0 Å². The van der Waals surface area contributed by atoms with Crippen LogP contribution in [0.4, 0.5) is 34.1 Å². The van der Waals surface area contributed by atoms with Crippen molar-refractivity contribution in [2.24, 2.45) is 0 Å². The summed E-state index contributed by atoms with van der Waals surface area (Å²) in [6, 6.07) is 82.2. The van der Waals surface area contributed by atoms with E-state index in [0.717, 1.165) is 22.7 Å². The molecule has 2 nitrogen and oxygen atoms in total. The number of rotatable bonds is 7. The topological polar surface area (TPSA) is 6.48 Å². The second-order valence-corrected chi connectivity index (χ2v) is 19.9. The molecule has 0 atom stereocenters. The van der Waals surface area contributed by atoms with E-state index in [1.807, 2.05) is 0 Å². The summed E-state index contributed by atoms with van der Waals surface area (Å²) in [5.74, 6) is 0. The van der Waals surface area contributed by atoms with Crippen molar-refractivity contribution < 1.29 is 0 Å². The minimum absolute atomic E-state index is 0.0515. The predicted molar refractivity (Wildman–Crippen MR) is 286 cm³/mol. The molecule has 2 saturated carbocycles.